The van der Waals surface area contributed by atoms with Gasteiger partial charge in [-0.15, -0.1) is 6.58 Å². The zero-order valence-corrected chi connectivity index (χ0v) is 30.7. The lowest BCUT2D eigenvalue weighted by atomic mass is 9.86. The number of pyridine rings is 1. The van der Waals surface area contributed by atoms with Crippen LogP contribution in [0.2, 0.25) is 0 Å². The van der Waals surface area contributed by atoms with E-state index in [4.69, 9.17) is 9.47 Å². The van der Waals surface area contributed by atoms with Crippen molar-refractivity contribution >= 4 is 50.6 Å². The number of aromatic nitrogens is 1. The van der Waals surface area contributed by atoms with E-state index in [-0.39, 0.29) is 49.7 Å². The van der Waals surface area contributed by atoms with Gasteiger partial charge in [0.05, 0.1) is 24.1 Å². The standard InChI is InChI=1S/C40H48N4O8S/c1-2-28-22-40(28,39(48)43-53(49,50)30-15-16-30)42-36(46)33-20-29-23-44(33)38(47)32(25-8-3-4-9-25)21-35(45)52-34-12-6-11-27(34)10-5-7-24-13-14-26-17-18-41-37(51-29)31(26)19-24/h2,5,7,13-14,17-19,25,27-30,32-34H,1,3-4,6,8-12,15-16,20-23H2,(H,42,46)(H,43,48)/b7-5+/t27-,28-,29+,32-,33?,34-,40+/m0/s1. The van der Waals surface area contributed by atoms with Crippen LogP contribution in [0.15, 0.2) is 49.2 Å². The smallest absolute Gasteiger partial charge is 0.306 e. The number of nitrogens with one attached hydrogen (secondary N) is 2. The fourth-order valence-electron chi connectivity index (χ4n) is 9.14. The highest BCUT2D eigenvalue weighted by molar-refractivity contribution is 7.91. The molecule has 13 heteroatoms. The van der Waals surface area contributed by atoms with Crippen molar-refractivity contribution in [2.75, 3.05) is 6.54 Å². The van der Waals surface area contributed by atoms with E-state index in [0.717, 1.165) is 67.7 Å². The summed E-state index contributed by atoms with van der Waals surface area (Å²) in [5.74, 6) is -2.72. The second-order valence-corrected chi connectivity index (χ2v) is 17.9. The molecule has 282 valence electrons. The van der Waals surface area contributed by atoms with E-state index in [2.05, 4.69) is 33.8 Å². The maximum atomic E-state index is 14.8. The third-order valence-electron chi connectivity index (χ3n) is 12.4. The normalized spacial score (nSPS) is 32.6. The molecule has 6 aliphatic rings. The molecule has 0 spiro atoms. The minimum absolute atomic E-state index is 0.0388. The van der Waals surface area contributed by atoms with Crippen molar-refractivity contribution in [3.05, 3.63) is 54.8 Å². The van der Waals surface area contributed by atoms with Crippen molar-refractivity contribution in [1.82, 2.24) is 19.9 Å². The number of carbonyl (C=O) groups excluding carboxylic acids is 4. The number of allylic oxidation sites excluding steroid dienone is 1. The molecule has 1 saturated heterocycles. The molecule has 4 saturated carbocycles. The van der Waals surface area contributed by atoms with E-state index in [1.165, 1.54) is 11.0 Å². The highest BCUT2D eigenvalue weighted by Gasteiger charge is 2.62. The number of rotatable bonds is 7. The molecule has 1 aromatic heterocycles. The van der Waals surface area contributed by atoms with Crippen molar-refractivity contribution in [3.8, 4) is 5.88 Å². The van der Waals surface area contributed by atoms with Crippen LogP contribution in [0.5, 0.6) is 5.88 Å². The van der Waals surface area contributed by atoms with Gasteiger partial charge in [-0.1, -0.05) is 43.2 Å². The number of fused-ring (bicyclic) bond motifs is 4. The van der Waals surface area contributed by atoms with Gasteiger partial charge in [-0.25, -0.2) is 13.4 Å². The maximum absolute atomic E-state index is 14.8. The molecule has 2 N–H and O–H groups in total. The van der Waals surface area contributed by atoms with E-state index in [1.807, 2.05) is 24.3 Å². The number of benzene rings is 1. The second-order valence-electron chi connectivity index (χ2n) is 16.0. The first-order chi connectivity index (χ1) is 25.5. The third kappa shape index (κ3) is 7.20. The van der Waals surface area contributed by atoms with Crippen LogP contribution < -0.4 is 14.8 Å². The Hall–Kier alpha value is -4.26. The van der Waals surface area contributed by atoms with Crippen molar-refractivity contribution < 1.29 is 37.1 Å². The van der Waals surface area contributed by atoms with Crippen LogP contribution in [0.4, 0.5) is 0 Å². The Morgan fingerprint density at radius 3 is 2.55 bits per heavy atom. The molecule has 5 fully saturated rings. The summed E-state index contributed by atoms with van der Waals surface area (Å²) < 4.78 is 40.3. The van der Waals surface area contributed by atoms with Gasteiger partial charge < -0.3 is 19.7 Å². The first kappa shape index (κ1) is 35.8. The molecule has 4 aliphatic carbocycles. The molecule has 3 amide bonds. The molecule has 3 heterocycles. The van der Waals surface area contributed by atoms with Gasteiger partial charge >= 0.3 is 5.97 Å². The van der Waals surface area contributed by atoms with Crippen LogP contribution in [0, 0.1) is 23.7 Å². The topological polar surface area (TPSA) is 161 Å². The Kier molecular flexibility index (Phi) is 9.57. The number of nitrogens with zero attached hydrogens (tertiary/aromatic N) is 2. The van der Waals surface area contributed by atoms with Gasteiger partial charge in [-0.3, -0.25) is 23.9 Å². The summed E-state index contributed by atoms with van der Waals surface area (Å²) in [6.45, 7) is 3.88. The number of ether oxygens (including phenoxy) is 2. The lowest BCUT2D eigenvalue weighted by Crippen LogP contribution is -2.57. The van der Waals surface area contributed by atoms with Gasteiger partial charge in [0.2, 0.25) is 27.7 Å². The fourth-order valence-corrected chi connectivity index (χ4v) is 10.5. The lowest BCUT2D eigenvalue weighted by Gasteiger charge is -2.31. The summed E-state index contributed by atoms with van der Waals surface area (Å²) in [7, 11) is -3.87. The molecule has 53 heavy (non-hydrogen) atoms. The highest BCUT2D eigenvalue weighted by atomic mass is 32.2. The average molecular weight is 745 g/mol. The number of hydrogen-bond donors (Lipinski definition) is 2. The van der Waals surface area contributed by atoms with Gasteiger partial charge in [0.15, 0.2) is 0 Å². The van der Waals surface area contributed by atoms with Crippen molar-refractivity contribution in [2.45, 2.75) is 113 Å². The minimum Gasteiger partial charge on any atom is -0.472 e. The zero-order chi connectivity index (χ0) is 36.9. The van der Waals surface area contributed by atoms with Crippen LogP contribution in [0.3, 0.4) is 0 Å². The minimum atomic E-state index is -3.87. The first-order valence-corrected chi connectivity index (χ1v) is 20.8. The van der Waals surface area contributed by atoms with Crippen LogP contribution >= 0.6 is 0 Å². The number of carbonyl (C=O) groups is 4. The van der Waals surface area contributed by atoms with Crippen LogP contribution in [-0.2, 0) is 33.9 Å². The van der Waals surface area contributed by atoms with E-state index < -0.39 is 62.6 Å². The van der Waals surface area contributed by atoms with E-state index in [0.29, 0.717) is 18.7 Å². The second kappa shape index (κ2) is 14.2. The van der Waals surface area contributed by atoms with Gasteiger partial charge in [0, 0.05) is 23.9 Å². The van der Waals surface area contributed by atoms with Crippen LogP contribution in [0.25, 0.3) is 16.8 Å². The fraction of sp³-hybridized carbons (Fsp3) is 0.575. The number of sulfonamides is 1. The average Bonchev–Trinajstić information content (AvgIpc) is 3.93. The van der Waals surface area contributed by atoms with Crippen molar-refractivity contribution in [3.63, 3.8) is 0 Å². The Morgan fingerprint density at radius 1 is 1.00 bits per heavy atom. The van der Waals surface area contributed by atoms with Crippen molar-refractivity contribution in [1.29, 1.82) is 0 Å². The molecule has 1 aromatic carbocycles. The molecule has 4 bridgehead atoms. The quantitative estimate of drug-likeness (QED) is 0.306. The summed E-state index contributed by atoms with van der Waals surface area (Å²) in [6.07, 6.45) is 14.7. The summed E-state index contributed by atoms with van der Waals surface area (Å²) in [5.41, 5.74) is -0.537. The molecular formula is C40H48N4O8S. The first-order valence-electron chi connectivity index (χ1n) is 19.3. The SMILES string of the molecule is C=C[C@H]1C[C@]1(NC(=O)C1C[C@@H]2CN1C(=O)[C@H](C1CCCC1)CC(=O)O[C@H]1CCC[C@@H]1C/C=C/c1ccc3ccnc(c3c1)O2)C(=O)NS(=O)(=O)C1CC1. The van der Waals surface area contributed by atoms with Crippen molar-refractivity contribution in [2.24, 2.45) is 23.7 Å². The number of esters is 1. The summed E-state index contributed by atoms with van der Waals surface area (Å²) in [6, 6.07) is 6.92. The number of amides is 3. The molecule has 8 rings (SSSR count). The molecular weight excluding hydrogens is 697 g/mol. The highest BCUT2D eigenvalue weighted by Crippen LogP contribution is 2.46. The van der Waals surface area contributed by atoms with Gasteiger partial charge in [0.1, 0.15) is 23.8 Å². The Morgan fingerprint density at radius 2 is 1.79 bits per heavy atom. The van der Waals surface area contributed by atoms with Gasteiger partial charge in [0.25, 0.3) is 5.91 Å². The molecule has 2 aliphatic heterocycles. The predicted octanol–water partition coefficient (Wildman–Crippen LogP) is 4.58. The molecule has 12 nitrogen and oxygen atoms in total. The summed E-state index contributed by atoms with van der Waals surface area (Å²) >= 11 is 0. The van der Waals surface area contributed by atoms with Crippen LogP contribution in [0.1, 0.15) is 89.0 Å². The molecule has 0 radical (unpaired) electrons. The van der Waals surface area contributed by atoms with E-state index in [1.54, 1.807) is 6.20 Å². The Bertz CT molecular complexity index is 1960. The van der Waals surface area contributed by atoms with Gasteiger partial charge in [-0.2, -0.15) is 0 Å². The Labute approximate surface area is 310 Å². The summed E-state index contributed by atoms with van der Waals surface area (Å²) in [5, 5.41) is 3.98. The third-order valence-corrected chi connectivity index (χ3v) is 14.2. The predicted molar refractivity (Wildman–Crippen MR) is 196 cm³/mol. The lowest BCUT2D eigenvalue weighted by molar-refractivity contribution is -0.156. The largest absolute Gasteiger partial charge is 0.472 e. The number of hydrogen-bond acceptors (Lipinski definition) is 9. The van der Waals surface area contributed by atoms with Gasteiger partial charge in [-0.05, 0) is 92.7 Å². The van der Waals surface area contributed by atoms with Crippen LogP contribution in [-0.4, -0.2) is 77.6 Å². The zero-order valence-electron chi connectivity index (χ0n) is 29.9. The summed E-state index contributed by atoms with van der Waals surface area (Å²) in [4.78, 5) is 62.5. The maximum Gasteiger partial charge on any atom is 0.306 e. The van der Waals surface area contributed by atoms with E-state index >= 15 is 0 Å². The Balaban J connectivity index is 1.13. The van der Waals surface area contributed by atoms with E-state index in [9.17, 15) is 27.6 Å². The molecule has 7 atom stereocenters. The molecule has 2 aromatic rings. The monoisotopic (exact) mass is 744 g/mol. The molecule has 1 unspecified atom stereocenters.